The average Bonchev–Trinajstić information content (AvgIpc) is 3.27. The van der Waals surface area contributed by atoms with Crippen molar-refractivity contribution in [2.45, 2.75) is 12.5 Å². The molecule has 0 spiro atoms. The molecule has 27 heavy (non-hydrogen) atoms. The molecule has 0 aliphatic carbocycles. The molecule has 1 N–H and O–H groups in total. The number of benzene rings is 2. The number of fused-ring (bicyclic) bond motifs is 1. The van der Waals surface area contributed by atoms with Crippen molar-refractivity contribution in [1.82, 2.24) is 0 Å². The fourth-order valence-electron chi connectivity index (χ4n) is 3.53. The third kappa shape index (κ3) is 3.31. The second-order valence-electron chi connectivity index (χ2n) is 6.60. The van der Waals surface area contributed by atoms with E-state index in [1.165, 1.54) is 24.3 Å². The van der Waals surface area contributed by atoms with E-state index in [2.05, 4.69) is 0 Å². The van der Waals surface area contributed by atoms with Gasteiger partial charge in [0.25, 0.3) is 5.69 Å². The summed E-state index contributed by atoms with van der Waals surface area (Å²) in [4.78, 5) is 22.5. The lowest BCUT2D eigenvalue weighted by atomic mass is 9.83. The Morgan fingerprint density at radius 2 is 1.85 bits per heavy atom. The molecule has 2 heterocycles. The first-order valence-electron chi connectivity index (χ1n) is 8.50. The lowest BCUT2D eigenvalue weighted by Crippen LogP contribution is -2.25. The summed E-state index contributed by atoms with van der Waals surface area (Å²) in [6.07, 6.45) is -0.573. The molecule has 2 aliphatic rings. The van der Waals surface area contributed by atoms with Gasteiger partial charge in [-0.1, -0.05) is 6.07 Å². The van der Waals surface area contributed by atoms with Crippen LogP contribution in [0, 0.1) is 22.0 Å². The molecule has 0 bridgehead atoms. The number of hydrogen-bond acceptors (Lipinski definition) is 7. The summed E-state index contributed by atoms with van der Waals surface area (Å²) in [5, 5.41) is 21.5. The molecular weight excluding hydrogens is 354 g/mol. The Balaban J connectivity index is 1.53. The number of nitro groups is 1. The van der Waals surface area contributed by atoms with Crippen molar-refractivity contribution in [1.29, 1.82) is 0 Å². The number of ether oxygens (including phenoxy) is 3. The van der Waals surface area contributed by atoms with Crippen LogP contribution in [-0.4, -0.2) is 29.4 Å². The number of aliphatic hydroxyl groups is 1. The number of hydrogen-bond donors (Lipinski definition) is 1. The Kier molecular flexibility index (Phi) is 4.41. The molecule has 140 valence electrons. The van der Waals surface area contributed by atoms with Gasteiger partial charge >= 0.3 is 5.97 Å². The molecule has 8 nitrogen and oxygen atoms in total. The summed E-state index contributed by atoms with van der Waals surface area (Å²) in [5.74, 6) is -0.0864. The topological polar surface area (TPSA) is 108 Å². The maximum absolute atomic E-state index is 12.2. The summed E-state index contributed by atoms with van der Waals surface area (Å²) in [6, 6.07) is 11.1. The van der Waals surface area contributed by atoms with Crippen LogP contribution < -0.4 is 9.47 Å². The van der Waals surface area contributed by atoms with E-state index in [-0.39, 0.29) is 25.0 Å². The highest BCUT2D eigenvalue weighted by Crippen LogP contribution is 2.38. The maximum Gasteiger partial charge on any atom is 0.312 e. The number of carbonyl (C=O) groups is 1. The molecule has 2 aromatic carbocycles. The molecule has 0 aromatic heterocycles. The minimum atomic E-state index is -1.10. The normalized spacial score (nSPS) is 21.7. The zero-order valence-corrected chi connectivity index (χ0v) is 14.2. The molecule has 1 saturated heterocycles. The van der Waals surface area contributed by atoms with E-state index in [9.17, 15) is 20.0 Å². The van der Waals surface area contributed by atoms with Gasteiger partial charge in [-0.05, 0) is 41.8 Å². The van der Waals surface area contributed by atoms with Crippen LogP contribution in [0.3, 0.4) is 0 Å². The third-order valence-corrected chi connectivity index (χ3v) is 4.94. The zero-order chi connectivity index (χ0) is 19.0. The van der Waals surface area contributed by atoms with E-state index in [4.69, 9.17) is 14.2 Å². The van der Waals surface area contributed by atoms with Crippen LogP contribution >= 0.6 is 0 Å². The summed E-state index contributed by atoms with van der Waals surface area (Å²) in [6.45, 7) is 0.396. The number of cyclic esters (lactones) is 1. The van der Waals surface area contributed by atoms with E-state index in [0.717, 1.165) is 5.56 Å². The fourth-order valence-corrected chi connectivity index (χ4v) is 3.53. The third-order valence-electron chi connectivity index (χ3n) is 4.94. The SMILES string of the molecule is O=C1OC[C@H](Cc2ccc3c(c2)OCO3)[C@H]1[C@@H](O)c1ccc([N+](=O)[O-])cc1. The number of nitrogens with zero attached hydrogens (tertiary/aromatic N) is 1. The summed E-state index contributed by atoms with van der Waals surface area (Å²) < 4.78 is 15.9. The first kappa shape index (κ1) is 17.3. The molecular formula is C19H17NO7. The highest BCUT2D eigenvalue weighted by Gasteiger charge is 2.42. The Morgan fingerprint density at radius 1 is 1.11 bits per heavy atom. The number of esters is 1. The number of nitro benzene ring substituents is 1. The summed E-state index contributed by atoms with van der Waals surface area (Å²) in [7, 11) is 0. The molecule has 2 aromatic rings. The van der Waals surface area contributed by atoms with Crippen LogP contribution in [0.5, 0.6) is 11.5 Å². The van der Waals surface area contributed by atoms with Crippen LogP contribution in [0.15, 0.2) is 42.5 Å². The average molecular weight is 371 g/mol. The highest BCUT2D eigenvalue weighted by molar-refractivity contribution is 5.75. The van der Waals surface area contributed by atoms with Crippen molar-refractivity contribution in [3.05, 3.63) is 63.7 Å². The second-order valence-corrected chi connectivity index (χ2v) is 6.60. The van der Waals surface area contributed by atoms with Gasteiger partial charge in [0.05, 0.1) is 23.6 Å². The van der Waals surface area contributed by atoms with Gasteiger partial charge in [0.15, 0.2) is 11.5 Å². The van der Waals surface area contributed by atoms with E-state index in [1.54, 1.807) is 0 Å². The van der Waals surface area contributed by atoms with Crippen molar-refractivity contribution in [3.8, 4) is 11.5 Å². The minimum absolute atomic E-state index is 0.0724. The Morgan fingerprint density at radius 3 is 2.59 bits per heavy atom. The quantitative estimate of drug-likeness (QED) is 0.488. The van der Waals surface area contributed by atoms with Gasteiger partial charge in [-0.25, -0.2) is 0 Å². The highest BCUT2D eigenvalue weighted by atomic mass is 16.7. The van der Waals surface area contributed by atoms with Gasteiger partial charge < -0.3 is 19.3 Å². The van der Waals surface area contributed by atoms with Crippen molar-refractivity contribution in [2.24, 2.45) is 11.8 Å². The monoisotopic (exact) mass is 371 g/mol. The molecule has 0 amide bonds. The predicted octanol–water partition coefficient (Wildman–Crippen LogP) is 2.39. The minimum Gasteiger partial charge on any atom is -0.465 e. The van der Waals surface area contributed by atoms with Crippen LogP contribution in [-0.2, 0) is 16.0 Å². The Labute approximate surface area is 154 Å². The molecule has 0 unspecified atom stereocenters. The van der Waals surface area contributed by atoms with Crippen molar-refractivity contribution < 1.29 is 29.0 Å². The molecule has 8 heteroatoms. The van der Waals surface area contributed by atoms with E-state index in [0.29, 0.717) is 23.5 Å². The second kappa shape index (κ2) is 6.88. The molecule has 0 radical (unpaired) electrons. The molecule has 4 rings (SSSR count). The van der Waals surface area contributed by atoms with Crippen LogP contribution in [0.2, 0.25) is 0 Å². The summed E-state index contributed by atoms with van der Waals surface area (Å²) >= 11 is 0. The van der Waals surface area contributed by atoms with Gasteiger partial charge in [-0.2, -0.15) is 0 Å². The molecule has 1 fully saturated rings. The first-order valence-corrected chi connectivity index (χ1v) is 8.50. The van der Waals surface area contributed by atoms with Gasteiger partial charge in [0.1, 0.15) is 0 Å². The van der Waals surface area contributed by atoms with E-state index < -0.39 is 22.9 Å². The smallest absolute Gasteiger partial charge is 0.312 e. The maximum atomic E-state index is 12.2. The van der Waals surface area contributed by atoms with Gasteiger partial charge in [0.2, 0.25) is 6.79 Å². The summed E-state index contributed by atoms with van der Waals surface area (Å²) in [5.41, 5.74) is 1.32. The lowest BCUT2D eigenvalue weighted by molar-refractivity contribution is -0.384. The van der Waals surface area contributed by atoms with Gasteiger partial charge in [0, 0.05) is 18.1 Å². The molecule has 3 atom stereocenters. The standard InChI is InChI=1S/C19H17NO7/c21-18(12-2-4-14(5-3-12)20(23)24)17-13(9-25-19(17)22)7-11-1-6-15-16(8-11)27-10-26-15/h1-6,8,13,17-18,21H,7,9-10H2/t13-,17-,18-/m0/s1. The van der Waals surface area contributed by atoms with Crippen molar-refractivity contribution in [2.75, 3.05) is 13.4 Å². The Bertz CT molecular complexity index is 880. The van der Waals surface area contributed by atoms with Gasteiger partial charge in [-0.15, -0.1) is 0 Å². The van der Waals surface area contributed by atoms with E-state index >= 15 is 0 Å². The van der Waals surface area contributed by atoms with Crippen LogP contribution in [0.1, 0.15) is 17.2 Å². The zero-order valence-electron chi connectivity index (χ0n) is 14.2. The van der Waals surface area contributed by atoms with Crippen LogP contribution in [0.25, 0.3) is 0 Å². The molecule has 2 aliphatic heterocycles. The number of rotatable bonds is 5. The lowest BCUT2D eigenvalue weighted by Gasteiger charge is -2.21. The van der Waals surface area contributed by atoms with Crippen molar-refractivity contribution in [3.63, 3.8) is 0 Å². The Hall–Kier alpha value is -3.13. The van der Waals surface area contributed by atoms with Crippen LogP contribution in [0.4, 0.5) is 5.69 Å². The first-order chi connectivity index (χ1) is 13.0. The largest absolute Gasteiger partial charge is 0.465 e. The molecule has 0 saturated carbocycles. The number of aliphatic hydroxyl groups excluding tert-OH is 1. The van der Waals surface area contributed by atoms with E-state index in [1.807, 2.05) is 18.2 Å². The van der Waals surface area contributed by atoms with Gasteiger partial charge in [-0.3, -0.25) is 14.9 Å². The predicted molar refractivity (Wildman–Crippen MR) is 92.3 cm³/mol. The number of non-ortho nitro benzene ring substituents is 1. The van der Waals surface area contributed by atoms with Crippen molar-refractivity contribution >= 4 is 11.7 Å². The fraction of sp³-hybridized carbons (Fsp3) is 0.316. The number of carbonyl (C=O) groups excluding carboxylic acids is 1.